The Morgan fingerprint density at radius 2 is 1.90 bits per heavy atom. The van der Waals surface area contributed by atoms with E-state index in [9.17, 15) is 17.8 Å². The van der Waals surface area contributed by atoms with Crippen LogP contribution < -0.4 is 15.3 Å². The van der Waals surface area contributed by atoms with Crippen LogP contribution in [0, 0.1) is 25.7 Å². The number of rotatable bonds is 6. The lowest BCUT2D eigenvalue weighted by Gasteiger charge is -2.13. The molecule has 0 bridgehead atoms. The van der Waals surface area contributed by atoms with Gasteiger partial charge in [0.15, 0.2) is 0 Å². The summed E-state index contributed by atoms with van der Waals surface area (Å²) in [6.07, 6.45) is 2.26. The summed E-state index contributed by atoms with van der Waals surface area (Å²) >= 11 is 0. The minimum Gasteiger partial charge on any atom is -0.496 e. The predicted octanol–water partition coefficient (Wildman–Crippen LogP) is 1.46. The second kappa shape index (κ2) is 9.61. The Labute approximate surface area is 176 Å². The molecule has 0 atom stereocenters. The third kappa shape index (κ3) is 5.72. The molecule has 1 heterocycles. The molecule has 0 aliphatic heterocycles. The Balaban J connectivity index is 2.43. The van der Waals surface area contributed by atoms with Gasteiger partial charge in [0.25, 0.3) is 15.8 Å². The number of esters is 1. The minimum atomic E-state index is -4.40. The molecule has 0 unspecified atom stereocenters. The summed E-state index contributed by atoms with van der Waals surface area (Å²) in [5.74, 6) is 11.9. The molecule has 1 aromatic heterocycles. The molecule has 0 saturated carbocycles. The number of carbonyl (C=O) groups is 1. The van der Waals surface area contributed by atoms with Gasteiger partial charge in [-0.15, -0.1) is 0 Å². The Bertz CT molecular complexity index is 1130. The minimum absolute atomic E-state index is 0.120. The number of methoxy groups -OCH3 is 2. The van der Waals surface area contributed by atoms with E-state index >= 15 is 0 Å². The topological polar surface area (TPSA) is 120 Å². The smallest absolute Gasteiger partial charge is 0.306 e. The fourth-order valence-corrected chi connectivity index (χ4v) is 4.11. The first kappa shape index (κ1) is 23.2. The number of ether oxygens (including phenoxy) is 2. The fourth-order valence-electron chi connectivity index (χ4n) is 3.18. The van der Waals surface area contributed by atoms with Crippen LogP contribution in [0.1, 0.15) is 40.8 Å². The van der Waals surface area contributed by atoms with E-state index in [4.69, 9.17) is 10.6 Å². The number of pyridine rings is 1. The van der Waals surface area contributed by atoms with Crippen molar-refractivity contribution in [3.63, 3.8) is 0 Å². The molecule has 3 N–H and O–H groups in total. The van der Waals surface area contributed by atoms with Crippen LogP contribution in [0.4, 0.5) is 0 Å². The van der Waals surface area contributed by atoms with Gasteiger partial charge in [0.2, 0.25) is 6.20 Å². The summed E-state index contributed by atoms with van der Waals surface area (Å²) in [6, 6.07) is 5.03. The molecule has 0 aliphatic carbocycles. The first-order valence-corrected chi connectivity index (χ1v) is 10.5. The van der Waals surface area contributed by atoms with Crippen molar-refractivity contribution in [2.75, 3.05) is 20.1 Å². The molecular weight excluding hydrogens is 408 g/mol. The molecule has 8 nitrogen and oxygen atoms in total. The fraction of sp³-hybridized carbons (Fsp3) is 0.333. The molecule has 1 aromatic carbocycles. The van der Waals surface area contributed by atoms with Gasteiger partial charge in [-0.2, -0.15) is 8.42 Å². The van der Waals surface area contributed by atoms with Crippen LogP contribution in [0.15, 0.2) is 29.3 Å². The van der Waals surface area contributed by atoms with Crippen LogP contribution in [-0.2, 0) is 26.1 Å². The van der Waals surface area contributed by atoms with Gasteiger partial charge in [-0.1, -0.05) is 28.3 Å². The van der Waals surface area contributed by atoms with E-state index in [1.54, 1.807) is 31.3 Å². The van der Waals surface area contributed by atoms with Crippen LogP contribution in [0.25, 0.3) is 0 Å². The molecule has 0 spiro atoms. The second-order valence-corrected chi connectivity index (χ2v) is 8.12. The SMILES string of the molecule is COC(=O)CCC#Cc1cc(OC)c(Cc2cc(C)cc(C)c2S(=O)(=O)O)c[n+]1N. The lowest BCUT2D eigenvalue weighted by Crippen LogP contribution is -2.47. The number of hydrogen-bond donors (Lipinski definition) is 2. The molecule has 9 heteroatoms. The van der Waals surface area contributed by atoms with Crippen molar-refractivity contribution in [3.8, 4) is 17.6 Å². The maximum atomic E-state index is 11.9. The maximum Gasteiger partial charge on any atom is 0.306 e. The highest BCUT2D eigenvalue weighted by atomic mass is 32.2. The van der Waals surface area contributed by atoms with Gasteiger partial charge in [-0.3, -0.25) is 9.35 Å². The molecule has 0 amide bonds. The zero-order valence-electron chi connectivity index (χ0n) is 17.4. The molecule has 0 aliphatic rings. The standard InChI is InChI=1S/C21H24N2O6S/c1-14-9-15(2)21(30(25,26)27)16(10-14)11-17-13-23(22)18(12-19(17)28-3)7-5-6-8-20(24)29-4/h9-10,12-13H,6,8,11,22H2,1-4H3/p+1. The Morgan fingerprint density at radius 3 is 2.50 bits per heavy atom. The second-order valence-electron chi connectivity index (χ2n) is 6.76. The highest BCUT2D eigenvalue weighted by molar-refractivity contribution is 7.86. The van der Waals surface area contributed by atoms with E-state index < -0.39 is 10.1 Å². The number of benzene rings is 1. The molecule has 0 fully saturated rings. The van der Waals surface area contributed by atoms with E-state index in [-0.39, 0.29) is 23.7 Å². The molecule has 160 valence electrons. The van der Waals surface area contributed by atoms with Gasteiger partial charge >= 0.3 is 5.97 Å². The van der Waals surface area contributed by atoms with Crippen molar-refractivity contribution < 1.29 is 31.9 Å². The number of carbonyl (C=O) groups excluding carboxylic acids is 1. The molecule has 0 saturated heterocycles. The normalized spacial score (nSPS) is 10.8. The predicted molar refractivity (Wildman–Crippen MR) is 110 cm³/mol. The van der Waals surface area contributed by atoms with Crippen molar-refractivity contribution in [3.05, 3.63) is 52.3 Å². The van der Waals surface area contributed by atoms with E-state index in [1.165, 1.54) is 18.9 Å². The van der Waals surface area contributed by atoms with E-state index in [0.29, 0.717) is 34.6 Å². The van der Waals surface area contributed by atoms with Crippen LogP contribution in [0.2, 0.25) is 0 Å². The Hall–Kier alpha value is -3.09. The van der Waals surface area contributed by atoms with Gasteiger partial charge in [-0.05, 0) is 25.0 Å². The van der Waals surface area contributed by atoms with Gasteiger partial charge in [0, 0.05) is 18.8 Å². The quantitative estimate of drug-likeness (QED) is 0.233. The Morgan fingerprint density at radius 1 is 1.20 bits per heavy atom. The highest BCUT2D eigenvalue weighted by Gasteiger charge is 2.22. The lowest BCUT2D eigenvalue weighted by atomic mass is 10.0. The summed E-state index contributed by atoms with van der Waals surface area (Å²) in [5, 5.41) is 0. The van der Waals surface area contributed by atoms with Crippen LogP contribution in [0.3, 0.4) is 0 Å². The molecular formula is C21H25N2O6S+. The number of nitrogens with two attached hydrogens (primary N) is 1. The van der Waals surface area contributed by atoms with Gasteiger partial charge < -0.3 is 9.47 Å². The molecule has 30 heavy (non-hydrogen) atoms. The molecule has 0 radical (unpaired) electrons. The summed E-state index contributed by atoms with van der Waals surface area (Å²) in [7, 11) is -1.60. The summed E-state index contributed by atoms with van der Waals surface area (Å²) < 4.78 is 44.8. The van der Waals surface area contributed by atoms with Crippen molar-refractivity contribution in [2.24, 2.45) is 0 Å². The molecule has 2 aromatic rings. The van der Waals surface area contributed by atoms with E-state index in [1.807, 2.05) is 6.92 Å². The van der Waals surface area contributed by atoms with Gasteiger partial charge in [0.1, 0.15) is 10.6 Å². The lowest BCUT2D eigenvalue weighted by molar-refractivity contribution is -0.641. The number of nitrogens with zero attached hydrogens (tertiary/aromatic N) is 1. The first-order valence-electron chi connectivity index (χ1n) is 9.07. The average molecular weight is 434 g/mol. The monoisotopic (exact) mass is 433 g/mol. The third-order valence-electron chi connectivity index (χ3n) is 4.41. The van der Waals surface area contributed by atoms with Crippen molar-refractivity contribution in [1.29, 1.82) is 0 Å². The van der Waals surface area contributed by atoms with E-state index in [0.717, 1.165) is 5.56 Å². The summed E-state index contributed by atoms with van der Waals surface area (Å²) in [4.78, 5) is 11.0. The number of nitrogen functional groups attached to an aromatic ring is 1. The number of aryl methyl sites for hydroxylation is 2. The number of aromatic nitrogens is 1. The van der Waals surface area contributed by atoms with Crippen LogP contribution in [0.5, 0.6) is 5.75 Å². The average Bonchev–Trinajstić information content (AvgIpc) is 2.64. The highest BCUT2D eigenvalue weighted by Crippen LogP contribution is 2.27. The van der Waals surface area contributed by atoms with Gasteiger partial charge in [-0.25, -0.2) is 5.84 Å². The van der Waals surface area contributed by atoms with Crippen molar-refractivity contribution >= 4 is 16.1 Å². The summed E-state index contributed by atoms with van der Waals surface area (Å²) in [5.41, 5.74) is 2.83. The van der Waals surface area contributed by atoms with Crippen LogP contribution in [-0.4, -0.2) is 33.2 Å². The third-order valence-corrected chi connectivity index (χ3v) is 5.51. The van der Waals surface area contributed by atoms with Crippen molar-refractivity contribution in [2.45, 2.75) is 38.0 Å². The molecule has 2 rings (SSSR count). The largest absolute Gasteiger partial charge is 0.496 e. The first-order chi connectivity index (χ1) is 14.1. The van der Waals surface area contributed by atoms with E-state index in [2.05, 4.69) is 16.6 Å². The van der Waals surface area contributed by atoms with Gasteiger partial charge in [0.05, 0.1) is 32.3 Å². The number of hydrogen-bond acceptors (Lipinski definition) is 6. The maximum absolute atomic E-state index is 11.9. The van der Waals surface area contributed by atoms with Crippen LogP contribution >= 0.6 is 0 Å². The zero-order chi connectivity index (χ0) is 22.5. The van der Waals surface area contributed by atoms with Crippen molar-refractivity contribution in [1.82, 2.24) is 0 Å². The zero-order valence-corrected chi connectivity index (χ0v) is 18.2. The Kier molecular flexibility index (Phi) is 7.43. The summed E-state index contributed by atoms with van der Waals surface area (Å²) in [6.45, 7) is 3.48.